The molecule has 0 saturated carbocycles. The number of para-hydroxylation sites is 1. The molecule has 118 valence electrons. The molecule has 0 aromatic heterocycles. The fourth-order valence-corrected chi connectivity index (χ4v) is 3.83. The van der Waals surface area contributed by atoms with Crippen molar-refractivity contribution in [1.82, 2.24) is 0 Å². The SMILES string of the molecule is O=C(C[C@@H]1C(=O)Nc2ccccc2[S@@]1=O)Nc1ccc(Cl)cc1. The first-order valence-corrected chi connectivity index (χ1v) is 8.49. The van der Waals surface area contributed by atoms with E-state index in [-0.39, 0.29) is 12.3 Å². The molecule has 2 aromatic rings. The molecule has 0 spiro atoms. The van der Waals surface area contributed by atoms with Crippen molar-refractivity contribution in [2.24, 2.45) is 0 Å². The lowest BCUT2D eigenvalue weighted by Crippen LogP contribution is -2.39. The van der Waals surface area contributed by atoms with Crippen LogP contribution in [0.3, 0.4) is 0 Å². The minimum atomic E-state index is -1.56. The summed E-state index contributed by atoms with van der Waals surface area (Å²) in [6.45, 7) is 0. The van der Waals surface area contributed by atoms with Crippen LogP contribution in [0.4, 0.5) is 11.4 Å². The maximum atomic E-state index is 12.5. The molecule has 2 aromatic carbocycles. The molecule has 23 heavy (non-hydrogen) atoms. The Kier molecular flexibility index (Phi) is 4.45. The van der Waals surface area contributed by atoms with Crippen LogP contribution in [0.15, 0.2) is 53.4 Å². The number of benzene rings is 2. The van der Waals surface area contributed by atoms with Crippen LogP contribution < -0.4 is 10.6 Å². The number of halogens is 1. The number of anilines is 2. The predicted octanol–water partition coefficient (Wildman–Crippen LogP) is 2.80. The Morgan fingerprint density at radius 3 is 2.61 bits per heavy atom. The van der Waals surface area contributed by atoms with E-state index in [4.69, 9.17) is 11.6 Å². The van der Waals surface area contributed by atoms with Gasteiger partial charge in [-0.3, -0.25) is 13.8 Å². The van der Waals surface area contributed by atoms with Gasteiger partial charge in [0.25, 0.3) is 0 Å². The Balaban J connectivity index is 1.72. The van der Waals surface area contributed by atoms with Crippen molar-refractivity contribution >= 4 is 45.6 Å². The quantitative estimate of drug-likeness (QED) is 0.895. The van der Waals surface area contributed by atoms with Crippen molar-refractivity contribution < 1.29 is 13.8 Å². The van der Waals surface area contributed by atoms with Gasteiger partial charge in [0.2, 0.25) is 11.8 Å². The van der Waals surface area contributed by atoms with E-state index in [0.717, 1.165) is 0 Å². The molecule has 7 heteroatoms. The molecule has 0 radical (unpaired) electrons. The highest BCUT2D eigenvalue weighted by molar-refractivity contribution is 7.86. The maximum Gasteiger partial charge on any atom is 0.241 e. The summed E-state index contributed by atoms with van der Waals surface area (Å²) < 4.78 is 12.5. The monoisotopic (exact) mass is 348 g/mol. The van der Waals surface area contributed by atoms with Gasteiger partial charge in [0, 0.05) is 10.7 Å². The largest absolute Gasteiger partial charge is 0.326 e. The zero-order chi connectivity index (χ0) is 16.4. The third-order valence-corrected chi connectivity index (χ3v) is 5.35. The smallest absolute Gasteiger partial charge is 0.241 e. The Hall–Kier alpha value is -2.18. The highest BCUT2D eigenvalue weighted by Gasteiger charge is 2.34. The third-order valence-electron chi connectivity index (χ3n) is 3.41. The molecule has 3 rings (SSSR count). The second kappa shape index (κ2) is 6.52. The molecular weight excluding hydrogens is 336 g/mol. The first-order valence-electron chi connectivity index (χ1n) is 6.90. The number of rotatable bonds is 3. The summed E-state index contributed by atoms with van der Waals surface area (Å²) in [7, 11) is -1.56. The molecule has 2 N–H and O–H groups in total. The molecule has 1 aliphatic rings. The zero-order valence-corrected chi connectivity index (χ0v) is 13.5. The average molecular weight is 349 g/mol. The molecule has 5 nitrogen and oxygen atoms in total. The standard InChI is InChI=1S/C16H13ClN2O3S/c17-10-5-7-11(8-6-10)18-15(20)9-14-16(21)19-12-3-1-2-4-13(12)23(14)22/h1-8,14H,9H2,(H,18,20)(H,19,21)/t14-,23+/m1/s1. The summed E-state index contributed by atoms with van der Waals surface area (Å²) in [5, 5.41) is 5.01. The second-order valence-corrected chi connectivity index (χ2v) is 7.07. The van der Waals surface area contributed by atoms with Crippen molar-refractivity contribution in [2.45, 2.75) is 16.6 Å². The summed E-state index contributed by atoms with van der Waals surface area (Å²) >= 11 is 5.78. The molecule has 2 atom stereocenters. The molecule has 1 aliphatic heterocycles. The molecule has 2 amide bonds. The van der Waals surface area contributed by atoms with Crippen molar-refractivity contribution in [3.63, 3.8) is 0 Å². The number of hydrogen-bond donors (Lipinski definition) is 2. The fraction of sp³-hybridized carbons (Fsp3) is 0.125. The van der Waals surface area contributed by atoms with Crippen molar-refractivity contribution in [3.8, 4) is 0 Å². The number of carbonyl (C=O) groups excluding carboxylic acids is 2. The van der Waals surface area contributed by atoms with E-state index in [1.165, 1.54) is 0 Å². The van der Waals surface area contributed by atoms with Crippen LogP contribution in [0.5, 0.6) is 0 Å². The van der Waals surface area contributed by atoms with E-state index in [0.29, 0.717) is 21.3 Å². The Labute approximate surface area is 140 Å². The number of fused-ring (bicyclic) bond motifs is 1. The van der Waals surface area contributed by atoms with Gasteiger partial charge >= 0.3 is 0 Å². The maximum absolute atomic E-state index is 12.5. The van der Waals surface area contributed by atoms with Crippen LogP contribution in [0.2, 0.25) is 5.02 Å². The predicted molar refractivity (Wildman–Crippen MR) is 90.0 cm³/mol. The van der Waals surface area contributed by atoms with E-state index in [1.807, 2.05) is 0 Å². The van der Waals surface area contributed by atoms with Crippen molar-refractivity contribution in [2.75, 3.05) is 10.6 Å². The summed E-state index contributed by atoms with van der Waals surface area (Å²) in [6.07, 6.45) is -0.157. The summed E-state index contributed by atoms with van der Waals surface area (Å²) in [5.41, 5.74) is 1.10. The minimum absolute atomic E-state index is 0.157. The van der Waals surface area contributed by atoms with Gasteiger partial charge in [-0.05, 0) is 36.4 Å². The molecule has 0 bridgehead atoms. The number of carbonyl (C=O) groups is 2. The summed E-state index contributed by atoms with van der Waals surface area (Å²) in [6, 6.07) is 13.5. The van der Waals surface area contributed by atoms with Gasteiger partial charge in [0.1, 0.15) is 5.25 Å². The van der Waals surface area contributed by atoms with E-state index in [9.17, 15) is 13.8 Å². The Bertz CT molecular complexity index is 792. The van der Waals surface area contributed by atoms with Crippen LogP contribution in [-0.4, -0.2) is 21.3 Å². The van der Waals surface area contributed by atoms with Gasteiger partial charge in [-0.15, -0.1) is 0 Å². The first kappa shape index (κ1) is 15.7. The van der Waals surface area contributed by atoms with E-state index in [2.05, 4.69) is 10.6 Å². The van der Waals surface area contributed by atoms with Crippen molar-refractivity contribution in [3.05, 3.63) is 53.6 Å². The third kappa shape index (κ3) is 3.43. The number of hydrogen-bond acceptors (Lipinski definition) is 3. The van der Waals surface area contributed by atoms with E-state index < -0.39 is 22.0 Å². The minimum Gasteiger partial charge on any atom is -0.326 e. The molecule has 1 heterocycles. The van der Waals surface area contributed by atoms with Crippen molar-refractivity contribution in [1.29, 1.82) is 0 Å². The van der Waals surface area contributed by atoms with Crippen LogP contribution in [0, 0.1) is 0 Å². The van der Waals surface area contributed by atoms with Crippen LogP contribution in [0.25, 0.3) is 0 Å². The number of amides is 2. The van der Waals surface area contributed by atoms with Gasteiger partial charge in [-0.1, -0.05) is 23.7 Å². The highest BCUT2D eigenvalue weighted by Crippen LogP contribution is 2.28. The first-order chi connectivity index (χ1) is 11.0. The van der Waals surface area contributed by atoms with Gasteiger partial charge in [-0.25, -0.2) is 0 Å². The average Bonchev–Trinajstić information content (AvgIpc) is 2.54. The highest BCUT2D eigenvalue weighted by atomic mass is 35.5. The Morgan fingerprint density at radius 2 is 1.87 bits per heavy atom. The molecule has 0 saturated heterocycles. The molecule has 0 unspecified atom stereocenters. The Morgan fingerprint density at radius 1 is 1.17 bits per heavy atom. The normalized spacial score (nSPS) is 19.6. The lowest BCUT2D eigenvalue weighted by atomic mass is 10.2. The molecule has 0 fully saturated rings. The van der Waals surface area contributed by atoms with Crippen LogP contribution in [0.1, 0.15) is 6.42 Å². The van der Waals surface area contributed by atoms with Gasteiger partial charge < -0.3 is 10.6 Å². The topological polar surface area (TPSA) is 75.3 Å². The lowest BCUT2D eigenvalue weighted by molar-refractivity contribution is -0.120. The lowest BCUT2D eigenvalue weighted by Gasteiger charge is -2.23. The van der Waals surface area contributed by atoms with Gasteiger partial charge in [0.15, 0.2) is 0 Å². The molecule has 0 aliphatic carbocycles. The van der Waals surface area contributed by atoms with E-state index in [1.54, 1.807) is 48.5 Å². The van der Waals surface area contributed by atoms with Crippen LogP contribution >= 0.6 is 11.6 Å². The fourth-order valence-electron chi connectivity index (χ4n) is 2.29. The zero-order valence-electron chi connectivity index (χ0n) is 11.9. The number of nitrogens with one attached hydrogen (secondary N) is 2. The second-order valence-electron chi connectivity index (χ2n) is 5.03. The summed E-state index contributed by atoms with van der Waals surface area (Å²) in [4.78, 5) is 24.7. The van der Waals surface area contributed by atoms with E-state index >= 15 is 0 Å². The molecular formula is C16H13ClN2O3S. The van der Waals surface area contributed by atoms with Crippen LogP contribution in [-0.2, 0) is 20.4 Å². The van der Waals surface area contributed by atoms with Gasteiger partial charge in [0.05, 0.1) is 27.8 Å². The summed E-state index contributed by atoms with van der Waals surface area (Å²) in [5.74, 6) is -0.784. The van der Waals surface area contributed by atoms with Gasteiger partial charge in [-0.2, -0.15) is 0 Å².